The number of rotatable bonds is 11. The number of thiazole rings is 1. The molecule has 0 saturated heterocycles. The molecule has 0 fully saturated rings. The first-order chi connectivity index (χ1) is 18.3. The Morgan fingerprint density at radius 1 is 1.00 bits per heavy atom. The normalized spacial score (nSPS) is 13.0. The van der Waals surface area contributed by atoms with Gasteiger partial charge in [0.15, 0.2) is 11.3 Å². The van der Waals surface area contributed by atoms with Gasteiger partial charge in [-0.25, -0.2) is 9.78 Å². The molecule has 0 aliphatic carbocycles. The zero-order valence-corrected chi connectivity index (χ0v) is 22.4. The molecule has 38 heavy (non-hydrogen) atoms. The number of hydrogen-bond acceptors (Lipinski definition) is 6. The average molecular weight is 527 g/mol. The highest BCUT2D eigenvalue weighted by molar-refractivity contribution is 7.15. The van der Waals surface area contributed by atoms with Gasteiger partial charge in [0.25, 0.3) is 0 Å². The summed E-state index contributed by atoms with van der Waals surface area (Å²) in [5.41, 5.74) is 2.23. The number of allylic oxidation sites excluding steroid dienone is 2. The summed E-state index contributed by atoms with van der Waals surface area (Å²) in [6.07, 6.45) is 2.09. The maximum atomic E-state index is 12.5. The van der Waals surface area contributed by atoms with Gasteiger partial charge in [0, 0.05) is 34.2 Å². The third-order valence-electron chi connectivity index (χ3n) is 6.23. The Bertz CT molecular complexity index is 1430. The lowest BCUT2D eigenvalue weighted by molar-refractivity contribution is -0.144. The van der Waals surface area contributed by atoms with E-state index in [1.54, 1.807) is 73.7 Å². The molecule has 2 N–H and O–H groups in total. The number of benzene rings is 3. The van der Waals surface area contributed by atoms with Crippen LogP contribution in [-0.4, -0.2) is 28.4 Å². The van der Waals surface area contributed by atoms with Crippen molar-refractivity contribution < 1.29 is 19.4 Å². The molecule has 1 heterocycles. The molecule has 0 radical (unpaired) electrons. The molecule has 3 aromatic carbocycles. The SMILES string of the molecule is C/C(=C/C(=O)c1ccccc1)N[C@](C)(C(=O)O)c1ccc(OCCc2nc(-c3ccccc3)sc2C)cc1. The third kappa shape index (κ3) is 6.36. The molecule has 0 unspecified atom stereocenters. The maximum absolute atomic E-state index is 12.5. The van der Waals surface area contributed by atoms with E-state index in [1.165, 1.54) is 11.0 Å². The lowest BCUT2D eigenvalue weighted by atomic mass is 9.91. The molecule has 0 aliphatic heterocycles. The van der Waals surface area contributed by atoms with Crippen LogP contribution in [0.1, 0.15) is 40.3 Å². The number of carboxylic acids is 1. The van der Waals surface area contributed by atoms with E-state index in [2.05, 4.69) is 24.4 Å². The number of carboxylic acid groups (broad SMARTS) is 1. The fraction of sp³-hybridized carbons (Fsp3) is 0.194. The van der Waals surface area contributed by atoms with E-state index in [-0.39, 0.29) is 5.78 Å². The maximum Gasteiger partial charge on any atom is 0.333 e. The van der Waals surface area contributed by atoms with Crippen molar-refractivity contribution in [1.29, 1.82) is 0 Å². The van der Waals surface area contributed by atoms with E-state index < -0.39 is 11.5 Å². The Hall–Kier alpha value is -4.23. The van der Waals surface area contributed by atoms with Crippen LogP contribution in [0.2, 0.25) is 0 Å². The van der Waals surface area contributed by atoms with Gasteiger partial charge in [-0.15, -0.1) is 11.3 Å². The van der Waals surface area contributed by atoms with Gasteiger partial charge in [0.1, 0.15) is 10.8 Å². The van der Waals surface area contributed by atoms with E-state index >= 15 is 0 Å². The van der Waals surface area contributed by atoms with Crippen molar-refractivity contribution in [2.75, 3.05) is 6.61 Å². The molecule has 7 heteroatoms. The van der Waals surface area contributed by atoms with E-state index in [4.69, 9.17) is 9.72 Å². The number of nitrogens with zero attached hydrogens (tertiary/aromatic N) is 1. The Kier molecular flexibility index (Phi) is 8.38. The van der Waals surface area contributed by atoms with Gasteiger partial charge in [-0.2, -0.15) is 0 Å². The summed E-state index contributed by atoms with van der Waals surface area (Å²) in [5, 5.41) is 14.0. The monoisotopic (exact) mass is 526 g/mol. The molecule has 0 spiro atoms. The number of ether oxygens (including phenoxy) is 1. The molecular weight excluding hydrogens is 496 g/mol. The summed E-state index contributed by atoms with van der Waals surface area (Å²) in [6, 6.07) is 25.9. The number of aryl methyl sites for hydroxylation is 1. The van der Waals surface area contributed by atoms with E-state index in [9.17, 15) is 14.7 Å². The fourth-order valence-electron chi connectivity index (χ4n) is 4.08. The van der Waals surface area contributed by atoms with E-state index in [0.29, 0.717) is 35.6 Å². The number of aliphatic carboxylic acids is 1. The summed E-state index contributed by atoms with van der Waals surface area (Å²) in [5.74, 6) is -0.609. The minimum atomic E-state index is -1.43. The topological polar surface area (TPSA) is 88.5 Å². The zero-order chi connectivity index (χ0) is 27.1. The van der Waals surface area contributed by atoms with E-state index in [1.807, 2.05) is 24.3 Å². The van der Waals surface area contributed by atoms with Crippen molar-refractivity contribution in [3.05, 3.63) is 118 Å². The second-order valence-electron chi connectivity index (χ2n) is 9.12. The first-order valence-corrected chi connectivity index (χ1v) is 13.1. The zero-order valence-electron chi connectivity index (χ0n) is 21.6. The van der Waals surface area contributed by atoms with Crippen molar-refractivity contribution in [1.82, 2.24) is 10.3 Å². The molecule has 6 nitrogen and oxygen atoms in total. The lowest BCUT2D eigenvalue weighted by Crippen LogP contribution is -2.45. The van der Waals surface area contributed by atoms with Crippen LogP contribution >= 0.6 is 11.3 Å². The molecule has 0 amide bonds. The minimum Gasteiger partial charge on any atom is -0.493 e. The third-order valence-corrected chi connectivity index (χ3v) is 7.30. The molecule has 194 valence electrons. The fourth-order valence-corrected chi connectivity index (χ4v) is 5.04. The van der Waals surface area contributed by atoms with Crippen molar-refractivity contribution >= 4 is 23.1 Å². The Morgan fingerprint density at radius 3 is 2.26 bits per heavy atom. The first kappa shape index (κ1) is 26.8. The van der Waals surface area contributed by atoms with Crippen LogP contribution in [0.5, 0.6) is 5.75 Å². The predicted molar refractivity (Wildman–Crippen MR) is 151 cm³/mol. The summed E-state index contributed by atoms with van der Waals surface area (Å²) in [7, 11) is 0. The number of aromatic nitrogens is 1. The van der Waals surface area contributed by atoms with Crippen molar-refractivity contribution in [3.63, 3.8) is 0 Å². The highest BCUT2D eigenvalue weighted by atomic mass is 32.1. The Morgan fingerprint density at radius 2 is 1.63 bits per heavy atom. The standard InChI is InChI=1S/C31H30N2O4S/c1-21(20-28(34)23-10-6-4-7-11-23)33-31(3,30(35)36)25-14-16-26(17-15-25)37-19-18-27-22(2)38-29(32-27)24-12-8-5-9-13-24/h4-17,20,33H,18-19H2,1-3H3,(H,35,36)/b21-20-/t31-/m0/s1. The van der Waals surface area contributed by atoms with Crippen LogP contribution in [0, 0.1) is 6.92 Å². The summed E-state index contributed by atoms with van der Waals surface area (Å²) >= 11 is 1.67. The van der Waals surface area contributed by atoms with Crippen LogP contribution in [0.3, 0.4) is 0 Å². The molecule has 0 bridgehead atoms. The van der Waals surface area contributed by atoms with Crippen molar-refractivity contribution in [2.24, 2.45) is 0 Å². The van der Waals surface area contributed by atoms with Gasteiger partial charge in [-0.05, 0) is 38.5 Å². The minimum absolute atomic E-state index is 0.196. The van der Waals surface area contributed by atoms with Crippen LogP contribution in [0.4, 0.5) is 0 Å². The van der Waals surface area contributed by atoms with Crippen LogP contribution in [-0.2, 0) is 16.8 Å². The number of hydrogen-bond donors (Lipinski definition) is 2. The Labute approximate surface area is 226 Å². The Balaban J connectivity index is 1.39. The van der Waals surface area contributed by atoms with Gasteiger partial charge in [-0.3, -0.25) is 4.79 Å². The van der Waals surface area contributed by atoms with Gasteiger partial charge in [-0.1, -0.05) is 72.8 Å². The van der Waals surface area contributed by atoms with Crippen molar-refractivity contribution in [2.45, 2.75) is 32.7 Å². The van der Waals surface area contributed by atoms with Gasteiger partial charge >= 0.3 is 5.97 Å². The van der Waals surface area contributed by atoms with Gasteiger partial charge in [0.2, 0.25) is 0 Å². The average Bonchev–Trinajstić information content (AvgIpc) is 3.30. The number of ketones is 1. The number of carbonyl (C=O) groups excluding carboxylic acids is 1. The molecule has 4 aromatic rings. The summed E-state index contributed by atoms with van der Waals surface area (Å²) in [6.45, 7) is 5.78. The predicted octanol–water partition coefficient (Wildman–Crippen LogP) is 6.42. The number of carbonyl (C=O) groups is 2. The number of nitrogens with one attached hydrogen (secondary N) is 1. The largest absolute Gasteiger partial charge is 0.493 e. The quantitative estimate of drug-likeness (QED) is 0.173. The van der Waals surface area contributed by atoms with Crippen LogP contribution < -0.4 is 10.1 Å². The molecule has 1 aromatic heterocycles. The summed E-state index contributed by atoms with van der Waals surface area (Å²) < 4.78 is 5.93. The highest BCUT2D eigenvalue weighted by Gasteiger charge is 2.35. The van der Waals surface area contributed by atoms with Crippen LogP contribution in [0.15, 0.2) is 96.7 Å². The van der Waals surface area contributed by atoms with Gasteiger partial charge in [0.05, 0.1) is 12.3 Å². The van der Waals surface area contributed by atoms with Crippen LogP contribution in [0.25, 0.3) is 10.6 Å². The second kappa shape index (κ2) is 11.9. The molecular formula is C31H30N2O4S. The highest BCUT2D eigenvalue weighted by Crippen LogP contribution is 2.28. The smallest absolute Gasteiger partial charge is 0.333 e. The molecule has 0 saturated carbocycles. The van der Waals surface area contributed by atoms with Gasteiger partial charge < -0.3 is 15.2 Å². The van der Waals surface area contributed by atoms with Crippen molar-refractivity contribution in [3.8, 4) is 16.3 Å². The first-order valence-electron chi connectivity index (χ1n) is 12.3. The van der Waals surface area contributed by atoms with E-state index in [0.717, 1.165) is 16.3 Å². The second-order valence-corrected chi connectivity index (χ2v) is 10.3. The summed E-state index contributed by atoms with van der Waals surface area (Å²) in [4.78, 5) is 30.7. The molecule has 0 aliphatic rings. The molecule has 1 atom stereocenters. The lowest BCUT2D eigenvalue weighted by Gasteiger charge is -2.28. The molecule has 4 rings (SSSR count).